The number of aliphatic hydroxyl groups excluding tert-OH is 1. The minimum Gasteiger partial charge on any atom is -0.389 e. The molecule has 1 amide bonds. The summed E-state index contributed by atoms with van der Waals surface area (Å²) in [6.07, 6.45) is 3.30. The van der Waals surface area contributed by atoms with Crippen LogP contribution in [0.5, 0.6) is 0 Å². The number of benzene rings is 1. The van der Waals surface area contributed by atoms with Crippen LogP contribution in [-0.2, 0) is 4.79 Å². The Morgan fingerprint density at radius 1 is 1.32 bits per heavy atom. The van der Waals surface area contributed by atoms with Gasteiger partial charge in [-0.2, -0.15) is 0 Å². The molecular weight excluding hydrogens is 298 g/mol. The van der Waals surface area contributed by atoms with Crippen molar-refractivity contribution >= 4 is 17.7 Å². The van der Waals surface area contributed by atoms with Gasteiger partial charge in [-0.1, -0.05) is 17.8 Å². The standard InChI is InChI=1S/C16H19N3O2S/c1-11-5-12(2)7-13(6-11)19-4-3-17-16(19)22-10-15(21)18-8-14(20)9-18/h3-7,14,20H,8-10H2,1-2H3. The summed E-state index contributed by atoms with van der Waals surface area (Å²) in [5.74, 6) is 0.388. The quantitative estimate of drug-likeness (QED) is 0.874. The van der Waals surface area contributed by atoms with E-state index in [9.17, 15) is 9.90 Å². The van der Waals surface area contributed by atoms with Gasteiger partial charge in [0.15, 0.2) is 5.16 Å². The van der Waals surface area contributed by atoms with Crippen molar-refractivity contribution in [2.45, 2.75) is 25.1 Å². The van der Waals surface area contributed by atoms with Gasteiger partial charge in [-0.05, 0) is 37.1 Å². The predicted molar refractivity (Wildman–Crippen MR) is 86.3 cm³/mol. The first-order valence-electron chi connectivity index (χ1n) is 7.23. The summed E-state index contributed by atoms with van der Waals surface area (Å²) < 4.78 is 2.00. The highest BCUT2D eigenvalue weighted by molar-refractivity contribution is 7.99. The van der Waals surface area contributed by atoms with Gasteiger partial charge in [0.2, 0.25) is 5.91 Å². The Hall–Kier alpha value is -1.79. The topological polar surface area (TPSA) is 58.4 Å². The van der Waals surface area contributed by atoms with Crippen molar-refractivity contribution in [1.29, 1.82) is 0 Å². The monoisotopic (exact) mass is 317 g/mol. The number of carbonyl (C=O) groups excluding carboxylic acids is 1. The maximum Gasteiger partial charge on any atom is 0.233 e. The molecule has 0 spiro atoms. The Bertz CT molecular complexity index is 672. The van der Waals surface area contributed by atoms with Crippen LogP contribution in [0.3, 0.4) is 0 Å². The van der Waals surface area contributed by atoms with E-state index in [-0.39, 0.29) is 12.0 Å². The molecule has 2 heterocycles. The molecule has 0 bridgehead atoms. The van der Waals surface area contributed by atoms with Gasteiger partial charge in [0.05, 0.1) is 11.9 Å². The molecule has 1 fully saturated rings. The zero-order valence-corrected chi connectivity index (χ0v) is 13.5. The number of likely N-dealkylation sites (tertiary alicyclic amines) is 1. The Morgan fingerprint density at radius 3 is 2.64 bits per heavy atom. The summed E-state index contributed by atoms with van der Waals surface area (Å²) in [6, 6.07) is 6.34. The molecule has 0 atom stereocenters. The second-order valence-corrected chi connectivity index (χ2v) is 6.61. The second kappa shape index (κ2) is 6.14. The first kappa shape index (κ1) is 15.1. The lowest BCUT2D eigenvalue weighted by atomic mass is 10.1. The lowest BCUT2D eigenvalue weighted by Crippen LogP contribution is -2.54. The highest BCUT2D eigenvalue weighted by Gasteiger charge is 2.28. The van der Waals surface area contributed by atoms with Crippen LogP contribution in [0.1, 0.15) is 11.1 Å². The Kier molecular flexibility index (Phi) is 4.22. The zero-order chi connectivity index (χ0) is 15.7. The van der Waals surface area contributed by atoms with Gasteiger partial charge < -0.3 is 10.0 Å². The largest absolute Gasteiger partial charge is 0.389 e. The number of amides is 1. The van der Waals surface area contributed by atoms with Crippen LogP contribution >= 0.6 is 11.8 Å². The molecule has 0 unspecified atom stereocenters. The highest BCUT2D eigenvalue weighted by Crippen LogP contribution is 2.23. The zero-order valence-electron chi connectivity index (χ0n) is 12.7. The number of rotatable bonds is 4. The van der Waals surface area contributed by atoms with Gasteiger partial charge in [-0.3, -0.25) is 9.36 Å². The third kappa shape index (κ3) is 3.18. The van der Waals surface area contributed by atoms with Crippen LogP contribution in [0, 0.1) is 13.8 Å². The fourth-order valence-corrected chi connectivity index (χ4v) is 3.44. The molecule has 1 saturated heterocycles. The molecule has 116 valence electrons. The summed E-state index contributed by atoms with van der Waals surface area (Å²) in [7, 11) is 0. The summed E-state index contributed by atoms with van der Waals surface area (Å²) in [4.78, 5) is 18.0. The molecule has 1 N–H and O–H groups in total. The number of thioether (sulfide) groups is 1. The summed E-state index contributed by atoms with van der Waals surface area (Å²) in [6.45, 7) is 5.04. The number of aryl methyl sites for hydroxylation is 2. The van der Waals surface area contributed by atoms with E-state index in [4.69, 9.17) is 0 Å². The van der Waals surface area contributed by atoms with E-state index in [1.807, 2.05) is 10.8 Å². The highest BCUT2D eigenvalue weighted by atomic mass is 32.2. The van der Waals surface area contributed by atoms with Crippen LogP contribution in [0.15, 0.2) is 35.7 Å². The molecule has 1 aliphatic rings. The van der Waals surface area contributed by atoms with E-state index in [1.165, 1.54) is 22.9 Å². The molecule has 22 heavy (non-hydrogen) atoms. The molecule has 0 saturated carbocycles. The molecule has 0 aliphatic carbocycles. The van der Waals surface area contributed by atoms with Gasteiger partial charge in [0.25, 0.3) is 0 Å². The minimum absolute atomic E-state index is 0.0465. The van der Waals surface area contributed by atoms with Gasteiger partial charge in [-0.25, -0.2) is 4.98 Å². The molecule has 1 aromatic heterocycles. The number of aromatic nitrogens is 2. The van der Waals surface area contributed by atoms with Crippen molar-refractivity contribution in [2.75, 3.05) is 18.8 Å². The van der Waals surface area contributed by atoms with Crippen LogP contribution in [0.25, 0.3) is 5.69 Å². The molecule has 6 heteroatoms. The van der Waals surface area contributed by atoms with E-state index in [2.05, 4.69) is 37.0 Å². The van der Waals surface area contributed by atoms with Crippen LogP contribution in [0.2, 0.25) is 0 Å². The molecule has 1 aliphatic heterocycles. The van der Waals surface area contributed by atoms with Crippen molar-refractivity contribution in [1.82, 2.24) is 14.5 Å². The van der Waals surface area contributed by atoms with E-state index in [1.54, 1.807) is 11.1 Å². The molecule has 3 rings (SSSR count). The Labute approximate surface area is 134 Å². The summed E-state index contributed by atoms with van der Waals surface area (Å²) in [5.41, 5.74) is 3.46. The van der Waals surface area contributed by atoms with Crippen LogP contribution < -0.4 is 0 Å². The van der Waals surface area contributed by atoms with Gasteiger partial charge in [0.1, 0.15) is 0 Å². The van der Waals surface area contributed by atoms with Crippen molar-refractivity contribution in [3.8, 4) is 5.69 Å². The number of β-amino-alcohol motifs (C(OH)–C–C–N with tert-alkyl or cyclic N) is 1. The van der Waals surface area contributed by atoms with Gasteiger partial charge in [-0.15, -0.1) is 0 Å². The van der Waals surface area contributed by atoms with E-state index in [0.717, 1.165) is 10.8 Å². The van der Waals surface area contributed by atoms with Gasteiger partial charge >= 0.3 is 0 Å². The smallest absolute Gasteiger partial charge is 0.233 e. The number of hydrogen-bond donors (Lipinski definition) is 1. The molecule has 5 nitrogen and oxygen atoms in total. The van der Waals surface area contributed by atoms with Crippen molar-refractivity contribution in [2.24, 2.45) is 0 Å². The molecular formula is C16H19N3O2S. The average Bonchev–Trinajstić information content (AvgIpc) is 2.88. The first-order valence-corrected chi connectivity index (χ1v) is 8.22. The maximum absolute atomic E-state index is 12.0. The van der Waals surface area contributed by atoms with Gasteiger partial charge in [0, 0.05) is 31.2 Å². The summed E-state index contributed by atoms with van der Waals surface area (Å²) in [5, 5.41) is 10.1. The predicted octanol–water partition coefficient (Wildman–Crippen LogP) is 1.78. The SMILES string of the molecule is Cc1cc(C)cc(-n2ccnc2SCC(=O)N2CC(O)C2)c1. The third-order valence-corrected chi connectivity index (χ3v) is 4.58. The Balaban J connectivity index is 1.71. The lowest BCUT2D eigenvalue weighted by molar-refractivity contribution is -0.138. The number of hydrogen-bond acceptors (Lipinski definition) is 4. The van der Waals surface area contributed by atoms with E-state index >= 15 is 0 Å². The molecule has 1 aromatic carbocycles. The first-order chi connectivity index (χ1) is 10.5. The molecule has 0 radical (unpaired) electrons. The fraction of sp³-hybridized carbons (Fsp3) is 0.375. The van der Waals surface area contributed by atoms with E-state index in [0.29, 0.717) is 18.8 Å². The number of imidazole rings is 1. The van der Waals surface area contributed by atoms with Crippen molar-refractivity contribution < 1.29 is 9.90 Å². The summed E-state index contributed by atoms with van der Waals surface area (Å²) >= 11 is 1.43. The lowest BCUT2D eigenvalue weighted by Gasteiger charge is -2.35. The maximum atomic E-state index is 12.0. The normalized spacial score (nSPS) is 15.0. The average molecular weight is 317 g/mol. The second-order valence-electron chi connectivity index (χ2n) is 5.67. The molecule has 2 aromatic rings. The number of carbonyl (C=O) groups is 1. The van der Waals surface area contributed by atoms with Crippen molar-refractivity contribution in [3.05, 3.63) is 41.7 Å². The number of nitrogens with zero attached hydrogens (tertiary/aromatic N) is 3. The number of aliphatic hydroxyl groups is 1. The van der Waals surface area contributed by atoms with Crippen molar-refractivity contribution in [3.63, 3.8) is 0 Å². The van der Waals surface area contributed by atoms with Crippen LogP contribution in [0.4, 0.5) is 0 Å². The van der Waals surface area contributed by atoms with Crippen LogP contribution in [-0.4, -0.2) is 50.4 Å². The minimum atomic E-state index is -0.355. The Morgan fingerprint density at radius 2 is 2.00 bits per heavy atom. The van der Waals surface area contributed by atoms with E-state index < -0.39 is 0 Å². The third-order valence-electron chi connectivity index (χ3n) is 3.63. The fourth-order valence-electron chi connectivity index (χ4n) is 2.56.